The lowest BCUT2D eigenvalue weighted by molar-refractivity contribution is 0.102. The molecule has 0 radical (unpaired) electrons. The maximum atomic E-state index is 12.8. The number of hydrogen-bond donors (Lipinski definition) is 3. The molecule has 0 unspecified atom stereocenters. The number of carbonyl (C=O) groups excluding carboxylic acids is 2. The largest absolute Gasteiger partial charge is 0.323 e. The monoisotopic (exact) mass is 464 g/mol. The summed E-state index contributed by atoms with van der Waals surface area (Å²) in [6.07, 6.45) is 1.64. The van der Waals surface area contributed by atoms with Gasteiger partial charge in [-0.05, 0) is 42.8 Å². The first-order valence-corrected chi connectivity index (χ1v) is 10.5. The van der Waals surface area contributed by atoms with Crippen molar-refractivity contribution < 1.29 is 9.59 Å². The van der Waals surface area contributed by atoms with Gasteiger partial charge >= 0.3 is 6.03 Å². The number of nitrogens with one attached hydrogen (secondary N) is 3. The van der Waals surface area contributed by atoms with E-state index in [-0.39, 0.29) is 21.6 Å². The zero-order chi connectivity index (χ0) is 22.7. The fourth-order valence-electron chi connectivity index (χ4n) is 3.29. The summed E-state index contributed by atoms with van der Waals surface area (Å²) < 4.78 is 0. The molecule has 4 aromatic rings. The van der Waals surface area contributed by atoms with E-state index >= 15 is 0 Å². The molecule has 1 aromatic heterocycles. The second kappa shape index (κ2) is 9.26. The molecular weight excluding hydrogens is 447 g/mol. The molecule has 0 aliphatic heterocycles. The summed E-state index contributed by atoms with van der Waals surface area (Å²) in [6, 6.07) is 18.9. The third kappa shape index (κ3) is 4.51. The first kappa shape index (κ1) is 21.6. The number of fused-ring (bicyclic) bond motifs is 1. The Morgan fingerprint density at radius 1 is 0.812 bits per heavy atom. The molecular formula is C24H18Cl2N4O2. The Balaban J connectivity index is 1.65. The third-order valence-electron chi connectivity index (χ3n) is 4.80. The van der Waals surface area contributed by atoms with Crippen molar-refractivity contribution in [2.75, 3.05) is 16.0 Å². The Morgan fingerprint density at radius 3 is 2.22 bits per heavy atom. The minimum absolute atomic E-state index is 0.181. The van der Waals surface area contributed by atoms with Gasteiger partial charge in [-0.1, -0.05) is 59.6 Å². The summed E-state index contributed by atoms with van der Waals surface area (Å²) in [5, 5.41) is 9.68. The molecule has 8 heteroatoms. The van der Waals surface area contributed by atoms with Crippen LogP contribution in [0.4, 0.5) is 21.9 Å². The molecule has 3 amide bonds. The number of rotatable bonds is 4. The van der Waals surface area contributed by atoms with Gasteiger partial charge in [0, 0.05) is 17.3 Å². The minimum Gasteiger partial charge on any atom is -0.320 e. The number of pyridine rings is 1. The highest BCUT2D eigenvalue weighted by atomic mass is 35.5. The standard InChI is InChI=1S/C24H18Cl2N4O2/c1-14-13-27-22-16(21(14)30-24(32)28-15-7-3-2-4-8-15)9-5-12-19(22)29-23(31)20-17(25)10-6-11-18(20)26/h2-13H,1H3,(H,29,31)(H2,27,28,30,32). The summed E-state index contributed by atoms with van der Waals surface area (Å²) >= 11 is 12.3. The van der Waals surface area contributed by atoms with Crippen molar-refractivity contribution in [3.8, 4) is 0 Å². The van der Waals surface area contributed by atoms with Crippen LogP contribution >= 0.6 is 23.2 Å². The van der Waals surface area contributed by atoms with Crippen molar-refractivity contribution in [1.29, 1.82) is 0 Å². The van der Waals surface area contributed by atoms with E-state index in [1.807, 2.05) is 31.2 Å². The molecule has 0 aliphatic rings. The number of aromatic nitrogens is 1. The molecule has 0 saturated heterocycles. The van der Waals surface area contributed by atoms with Gasteiger partial charge in [0.2, 0.25) is 0 Å². The minimum atomic E-state index is -0.452. The van der Waals surface area contributed by atoms with Gasteiger partial charge in [0.1, 0.15) is 0 Å². The van der Waals surface area contributed by atoms with Gasteiger partial charge in [-0.2, -0.15) is 0 Å². The quantitative estimate of drug-likeness (QED) is 0.312. The Bertz CT molecular complexity index is 1310. The third-order valence-corrected chi connectivity index (χ3v) is 5.43. The summed E-state index contributed by atoms with van der Waals surface area (Å²) in [4.78, 5) is 29.9. The normalized spacial score (nSPS) is 10.6. The Morgan fingerprint density at radius 2 is 1.50 bits per heavy atom. The van der Waals surface area contributed by atoms with Crippen LogP contribution in [0.1, 0.15) is 15.9 Å². The first-order valence-electron chi connectivity index (χ1n) is 9.71. The molecule has 3 aromatic carbocycles. The van der Waals surface area contributed by atoms with Crippen LogP contribution in [0.2, 0.25) is 10.0 Å². The number of carbonyl (C=O) groups is 2. The van der Waals surface area contributed by atoms with Gasteiger partial charge in [-0.15, -0.1) is 0 Å². The van der Waals surface area contributed by atoms with Crippen molar-refractivity contribution in [3.05, 3.63) is 94.1 Å². The SMILES string of the molecule is Cc1cnc2c(NC(=O)c3c(Cl)cccc3Cl)cccc2c1NC(=O)Nc1ccccc1. The topological polar surface area (TPSA) is 83.1 Å². The highest BCUT2D eigenvalue weighted by Gasteiger charge is 2.17. The summed E-state index contributed by atoms with van der Waals surface area (Å²) in [5.41, 5.74) is 3.21. The maximum Gasteiger partial charge on any atom is 0.323 e. The van der Waals surface area contributed by atoms with E-state index in [2.05, 4.69) is 20.9 Å². The van der Waals surface area contributed by atoms with E-state index < -0.39 is 5.91 Å². The van der Waals surface area contributed by atoms with Crippen LogP contribution in [-0.4, -0.2) is 16.9 Å². The van der Waals surface area contributed by atoms with Crippen molar-refractivity contribution in [3.63, 3.8) is 0 Å². The molecule has 4 rings (SSSR count). The summed E-state index contributed by atoms with van der Waals surface area (Å²) in [7, 11) is 0. The average Bonchev–Trinajstić information content (AvgIpc) is 2.76. The Labute approximate surface area is 194 Å². The fourth-order valence-corrected chi connectivity index (χ4v) is 3.86. The van der Waals surface area contributed by atoms with Crippen molar-refractivity contribution in [2.45, 2.75) is 6.92 Å². The van der Waals surface area contributed by atoms with E-state index in [0.29, 0.717) is 28.0 Å². The molecule has 160 valence electrons. The summed E-state index contributed by atoms with van der Waals surface area (Å²) in [6.45, 7) is 1.85. The van der Waals surface area contributed by atoms with Gasteiger partial charge in [0.15, 0.2) is 0 Å². The van der Waals surface area contributed by atoms with Crippen LogP contribution in [0.5, 0.6) is 0 Å². The predicted octanol–water partition coefficient (Wildman–Crippen LogP) is 6.75. The van der Waals surface area contributed by atoms with Gasteiger partial charge in [-0.25, -0.2) is 4.79 Å². The average molecular weight is 465 g/mol. The van der Waals surface area contributed by atoms with Crippen LogP contribution in [0.3, 0.4) is 0 Å². The van der Waals surface area contributed by atoms with E-state index in [1.54, 1.807) is 48.7 Å². The second-order valence-electron chi connectivity index (χ2n) is 7.01. The van der Waals surface area contributed by atoms with E-state index in [9.17, 15) is 9.59 Å². The molecule has 6 nitrogen and oxygen atoms in total. The molecule has 0 saturated carbocycles. The summed E-state index contributed by atoms with van der Waals surface area (Å²) in [5.74, 6) is -0.452. The van der Waals surface area contributed by atoms with E-state index in [0.717, 1.165) is 5.56 Å². The number of hydrogen-bond acceptors (Lipinski definition) is 3. The van der Waals surface area contributed by atoms with Crippen LogP contribution in [0.25, 0.3) is 10.9 Å². The number of halogens is 2. The maximum absolute atomic E-state index is 12.8. The number of para-hydroxylation sites is 2. The number of nitrogens with zero attached hydrogens (tertiary/aromatic N) is 1. The highest BCUT2D eigenvalue weighted by molar-refractivity contribution is 6.40. The van der Waals surface area contributed by atoms with Crippen LogP contribution < -0.4 is 16.0 Å². The smallest absolute Gasteiger partial charge is 0.320 e. The van der Waals surface area contributed by atoms with Crippen molar-refractivity contribution >= 4 is 63.1 Å². The molecule has 0 aliphatic carbocycles. The molecule has 32 heavy (non-hydrogen) atoms. The molecule has 0 bridgehead atoms. The number of urea groups is 1. The Kier molecular flexibility index (Phi) is 6.25. The molecule has 3 N–H and O–H groups in total. The van der Waals surface area contributed by atoms with Crippen LogP contribution in [0.15, 0.2) is 72.9 Å². The van der Waals surface area contributed by atoms with Crippen molar-refractivity contribution in [2.24, 2.45) is 0 Å². The molecule has 0 spiro atoms. The zero-order valence-corrected chi connectivity index (χ0v) is 18.5. The zero-order valence-electron chi connectivity index (χ0n) is 16.9. The van der Waals surface area contributed by atoms with Gasteiger partial charge in [-0.3, -0.25) is 9.78 Å². The molecule has 1 heterocycles. The van der Waals surface area contributed by atoms with Gasteiger partial charge in [0.05, 0.1) is 32.5 Å². The predicted molar refractivity (Wildman–Crippen MR) is 130 cm³/mol. The van der Waals surface area contributed by atoms with Gasteiger partial charge in [0.25, 0.3) is 5.91 Å². The molecule has 0 fully saturated rings. The fraction of sp³-hybridized carbons (Fsp3) is 0.0417. The van der Waals surface area contributed by atoms with Crippen LogP contribution in [-0.2, 0) is 0 Å². The highest BCUT2D eigenvalue weighted by Crippen LogP contribution is 2.31. The van der Waals surface area contributed by atoms with Crippen molar-refractivity contribution in [1.82, 2.24) is 4.98 Å². The number of anilines is 3. The van der Waals surface area contributed by atoms with E-state index in [1.165, 1.54) is 0 Å². The Hall–Kier alpha value is -3.61. The van der Waals surface area contributed by atoms with Gasteiger partial charge < -0.3 is 16.0 Å². The number of benzene rings is 3. The molecule has 0 atom stereocenters. The lowest BCUT2D eigenvalue weighted by atomic mass is 10.1. The van der Waals surface area contributed by atoms with E-state index in [4.69, 9.17) is 23.2 Å². The number of amides is 3. The van der Waals surface area contributed by atoms with Crippen LogP contribution in [0, 0.1) is 6.92 Å². The second-order valence-corrected chi connectivity index (χ2v) is 7.83. The first-order chi connectivity index (χ1) is 15.4. The number of aryl methyl sites for hydroxylation is 1. The lowest BCUT2D eigenvalue weighted by Gasteiger charge is -2.15. The lowest BCUT2D eigenvalue weighted by Crippen LogP contribution is -2.20.